The molecule has 4 nitrogen and oxygen atoms in total. The second kappa shape index (κ2) is 9.80. The minimum atomic E-state index is -0.581. The Morgan fingerprint density at radius 1 is 1.20 bits per heavy atom. The van der Waals surface area contributed by atoms with Crippen LogP contribution in [0.3, 0.4) is 0 Å². The Morgan fingerprint density at radius 3 is 2.30 bits per heavy atom. The quantitative estimate of drug-likeness (QED) is 0.458. The van der Waals surface area contributed by atoms with Gasteiger partial charge in [0.25, 0.3) is 0 Å². The van der Waals surface area contributed by atoms with E-state index in [-0.39, 0.29) is 18.8 Å². The molecule has 112 valence electrons. The first-order chi connectivity index (χ1) is 9.02. The summed E-state index contributed by atoms with van der Waals surface area (Å²) in [5.74, 6) is -1.05. The van der Waals surface area contributed by atoms with E-state index < -0.39 is 11.9 Å². The van der Waals surface area contributed by atoms with Crippen molar-refractivity contribution < 1.29 is 14.3 Å². The fraction of sp³-hybridized carbons (Fsp3) is 0.429. The van der Waals surface area contributed by atoms with Crippen molar-refractivity contribution in [3.05, 3.63) is 29.8 Å². The molecule has 1 aromatic carbocycles. The predicted octanol–water partition coefficient (Wildman–Crippen LogP) is 2.86. The van der Waals surface area contributed by atoms with Gasteiger partial charge < -0.3 is 9.64 Å². The van der Waals surface area contributed by atoms with E-state index >= 15 is 0 Å². The maximum absolute atomic E-state index is 11.7. The minimum Gasteiger partial charge on any atom is -0.389 e. The molecule has 1 aromatic rings. The smallest absolute Gasteiger partial charge is 0.345 e. The van der Waals surface area contributed by atoms with Gasteiger partial charge in [-0.1, -0.05) is 0 Å². The maximum atomic E-state index is 11.7. The van der Waals surface area contributed by atoms with Gasteiger partial charge in [-0.05, 0) is 57.6 Å². The maximum Gasteiger partial charge on any atom is 0.345 e. The molecule has 0 saturated heterocycles. The van der Waals surface area contributed by atoms with Crippen molar-refractivity contribution in [3.63, 3.8) is 0 Å². The van der Waals surface area contributed by atoms with Crippen LogP contribution in [0, 0.1) is 0 Å². The Labute approximate surface area is 130 Å². The van der Waals surface area contributed by atoms with E-state index in [9.17, 15) is 9.59 Å². The molecule has 1 rings (SSSR count). The average Bonchev–Trinajstić information content (AvgIpc) is 2.38. The lowest BCUT2D eigenvalue weighted by Gasteiger charge is -2.08. The molecule has 0 aliphatic carbocycles. The summed E-state index contributed by atoms with van der Waals surface area (Å²) >= 11 is 1.59. The summed E-state index contributed by atoms with van der Waals surface area (Å²) in [5.41, 5.74) is 0.402. The third-order valence-corrected chi connectivity index (χ3v) is 3.26. The van der Waals surface area contributed by atoms with Crippen molar-refractivity contribution in [1.82, 2.24) is 4.90 Å². The molecule has 0 fully saturated rings. The van der Waals surface area contributed by atoms with Crippen LogP contribution >= 0.6 is 24.2 Å². The number of thioether (sulfide) groups is 1. The van der Waals surface area contributed by atoms with Gasteiger partial charge in [0.1, 0.15) is 0 Å². The topological polar surface area (TPSA) is 46.6 Å². The molecule has 0 spiro atoms. The van der Waals surface area contributed by atoms with Crippen molar-refractivity contribution in [3.8, 4) is 0 Å². The molecule has 0 aliphatic rings. The number of nitrogens with zero attached hydrogens (tertiary/aromatic N) is 1. The van der Waals surface area contributed by atoms with Gasteiger partial charge in [-0.3, -0.25) is 4.79 Å². The fourth-order valence-electron chi connectivity index (χ4n) is 1.48. The van der Waals surface area contributed by atoms with Gasteiger partial charge in [-0.2, -0.15) is 0 Å². The van der Waals surface area contributed by atoms with Crippen LogP contribution in [-0.2, 0) is 9.53 Å². The van der Waals surface area contributed by atoms with Crippen molar-refractivity contribution in [2.45, 2.75) is 17.7 Å². The Balaban J connectivity index is 0.00000361. The molecule has 0 N–H and O–H groups in total. The van der Waals surface area contributed by atoms with E-state index in [0.717, 1.165) is 11.4 Å². The second-order valence-electron chi connectivity index (χ2n) is 4.40. The van der Waals surface area contributed by atoms with E-state index in [0.29, 0.717) is 12.0 Å². The summed E-state index contributed by atoms with van der Waals surface area (Å²) in [6, 6.07) is 7.00. The van der Waals surface area contributed by atoms with Gasteiger partial charge >= 0.3 is 11.9 Å². The van der Waals surface area contributed by atoms with E-state index in [1.165, 1.54) is 0 Å². The van der Waals surface area contributed by atoms with Crippen LogP contribution in [-0.4, -0.2) is 43.7 Å². The largest absolute Gasteiger partial charge is 0.389 e. The van der Waals surface area contributed by atoms with E-state index in [1.807, 2.05) is 37.4 Å². The Hall–Kier alpha value is -1.04. The lowest BCUT2D eigenvalue weighted by molar-refractivity contribution is -0.138. The highest BCUT2D eigenvalue weighted by molar-refractivity contribution is 7.98. The van der Waals surface area contributed by atoms with Gasteiger partial charge in [-0.25, -0.2) is 4.79 Å². The summed E-state index contributed by atoms with van der Waals surface area (Å²) in [6.07, 6.45) is 2.90. The van der Waals surface area contributed by atoms with Crippen molar-refractivity contribution >= 4 is 36.1 Å². The summed E-state index contributed by atoms with van der Waals surface area (Å²) in [5, 5.41) is 0. The standard InChI is InChI=1S/C14H19NO3S.ClH/c1-15(2)10-4-5-13(16)18-14(17)11-6-8-12(19-3)9-7-11;/h6-9H,4-5,10H2,1-3H3;1H. The highest BCUT2D eigenvalue weighted by atomic mass is 35.5. The first-order valence-corrected chi connectivity index (χ1v) is 7.29. The number of ether oxygens (including phenoxy) is 1. The summed E-state index contributed by atoms with van der Waals surface area (Å²) in [7, 11) is 3.87. The lowest BCUT2D eigenvalue weighted by Crippen LogP contribution is -2.17. The monoisotopic (exact) mass is 317 g/mol. The van der Waals surface area contributed by atoms with Crippen LogP contribution in [0.25, 0.3) is 0 Å². The third-order valence-electron chi connectivity index (χ3n) is 2.52. The fourth-order valence-corrected chi connectivity index (χ4v) is 1.89. The molecule has 0 bridgehead atoms. The molecule has 6 heteroatoms. The number of hydrogen-bond acceptors (Lipinski definition) is 5. The Kier molecular flexibility index (Phi) is 9.29. The van der Waals surface area contributed by atoms with E-state index in [1.54, 1.807) is 23.9 Å². The van der Waals surface area contributed by atoms with Gasteiger partial charge in [0.2, 0.25) is 0 Å². The predicted molar refractivity (Wildman–Crippen MR) is 83.7 cm³/mol. The van der Waals surface area contributed by atoms with E-state index in [2.05, 4.69) is 0 Å². The van der Waals surface area contributed by atoms with Crippen molar-refractivity contribution in [2.24, 2.45) is 0 Å². The molecular formula is C14H20ClNO3S. The summed E-state index contributed by atoms with van der Waals surface area (Å²) in [4.78, 5) is 26.2. The van der Waals surface area contributed by atoms with Gasteiger partial charge in [0.05, 0.1) is 5.56 Å². The molecule has 0 aromatic heterocycles. The molecular weight excluding hydrogens is 298 g/mol. The Bertz CT molecular complexity index is 435. The second-order valence-corrected chi connectivity index (χ2v) is 5.28. The third kappa shape index (κ3) is 6.93. The molecule has 0 atom stereocenters. The number of hydrogen-bond donors (Lipinski definition) is 0. The zero-order valence-corrected chi connectivity index (χ0v) is 13.6. The first kappa shape index (κ1) is 19.0. The van der Waals surface area contributed by atoms with Crippen molar-refractivity contribution in [2.75, 3.05) is 26.9 Å². The number of esters is 2. The van der Waals surface area contributed by atoms with E-state index in [4.69, 9.17) is 4.74 Å². The summed E-state index contributed by atoms with van der Waals surface area (Å²) in [6.45, 7) is 0.797. The SMILES string of the molecule is CSc1ccc(C(=O)OC(=O)CCCN(C)C)cc1.Cl. The van der Waals surface area contributed by atoms with Crippen LogP contribution in [0.5, 0.6) is 0 Å². The highest BCUT2D eigenvalue weighted by Gasteiger charge is 2.12. The number of rotatable bonds is 6. The number of benzene rings is 1. The molecule has 0 radical (unpaired) electrons. The molecule has 0 heterocycles. The average molecular weight is 318 g/mol. The number of carbonyl (C=O) groups excluding carboxylic acids is 2. The van der Waals surface area contributed by atoms with Crippen LogP contribution in [0.4, 0.5) is 0 Å². The van der Waals surface area contributed by atoms with Crippen molar-refractivity contribution in [1.29, 1.82) is 0 Å². The number of carbonyl (C=O) groups is 2. The van der Waals surface area contributed by atoms with Crippen LogP contribution in [0.1, 0.15) is 23.2 Å². The Morgan fingerprint density at radius 2 is 1.80 bits per heavy atom. The van der Waals surface area contributed by atoms with Gasteiger partial charge in [0.15, 0.2) is 0 Å². The highest BCUT2D eigenvalue weighted by Crippen LogP contribution is 2.15. The number of halogens is 1. The van der Waals surface area contributed by atoms with Crippen LogP contribution in [0.2, 0.25) is 0 Å². The normalized spacial score (nSPS) is 10.0. The van der Waals surface area contributed by atoms with Crippen LogP contribution in [0.15, 0.2) is 29.2 Å². The molecule has 0 saturated carbocycles. The lowest BCUT2D eigenvalue weighted by atomic mass is 10.2. The zero-order valence-electron chi connectivity index (χ0n) is 11.9. The summed E-state index contributed by atoms with van der Waals surface area (Å²) < 4.78 is 4.79. The molecule has 0 unspecified atom stereocenters. The first-order valence-electron chi connectivity index (χ1n) is 6.06. The minimum absolute atomic E-state index is 0. The van der Waals surface area contributed by atoms with Gasteiger partial charge in [-0.15, -0.1) is 24.2 Å². The molecule has 0 aliphatic heterocycles. The molecule has 20 heavy (non-hydrogen) atoms. The van der Waals surface area contributed by atoms with Crippen LogP contribution < -0.4 is 0 Å². The zero-order chi connectivity index (χ0) is 14.3. The van der Waals surface area contributed by atoms with Gasteiger partial charge in [0, 0.05) is 11.3 Å². The molecule has 0 amide bonds.